The summed E-state index contributed by atoms with van der Waals surface area (Å²) in [4.78, 5) is 12.9. The van der Waals surface area contributed by atoms with Gasteiger partial charge in [-0.25, -0.2) is 0 Å². The first-order valence-corrected chi connectivity index (χ1v) is 5.42. The van der Waals surface area contributed by atoms with Crippen LogP contribution in [0.3, 0.4) is 0 Å². The van der Waals surface area contributed by atoms with E-state index in [4.69, 9.17) is 5.11 Å². The Labute approximate surface area is 87.9 Å². The molecule has 0 saturated carbocycles. The smallest absolute Gasteiger partial charge is 0.307 e. The average Bonchev–Trinajstić information content (AvgIpc) is 2.62. The summed E-state index contributed by atoms with van der Waals surface area (Å²) in [6.45, 7) is 4.07. The maximum atomic E-state index is 10.4. The van der Waals surface area contributed by atoms with Gasteiger partial charge in [-0.3, -0.25) is 4.79 Å². The maximum absolute atomic E-state index is 10.4. The van der Waals surface area contributed by atoms with Crippen LogP contribution in [0.4, 0.5) is 0 Å². The van der Waals surface area contributed by atoms with E-state index in [9.17, 15) is 4.79 Å². The molecule has 2 nitrogen and oxygen atoms in total. The molecule has 0 spiro atoms. The van der Waals surface area contributed by atoms with Crippen molar-refractivity contribution in [3.63, 3.8) is 0 Å². The van der Waals surface area contributed by atoms with Gasteiger partial charge < -0.3 is 5.11 Å². The van der Waals surface area contributed by atoms with Gasteiger partial charge in [0.2, 0.25) is 0 Å². The lowest BCUT2D eigenvalue weighted by Crippen LogP contribution is -1.90. The molecule has 0 aliphatic heterocycles. The zero-order valence-corrected chi connectivity index (χ0v) is 9.23. The van der Waals surface area contributed by atoms with Crippen LogP contribution in [0, 0.1) is 0 Å². The number of aliphatic carboxylic acids is 1. The lowest BCUT2D eigenvalue weighted by molar-refractivity contribution is -0.135. The van der Waals surface area contributed by atoms with Gasteiger partial charge in [0.1, 0.15) is 0 Å². The van der Waals surface area contributed by atoms with E-state index in [1.165, 1.54) is 9.75 Å². The van der Waals surface area contributed by atoms with E-state index in [1.54, 1.807) is 17.4 Å². The molecule has 0 unspecified atom stereocenters. The largest absolute Gasteiger partial charge is 0.481 e. The number of aryl methyl sites for hydroxylation is 1. The van der Waals surface area contributed by atoms with E-state index in [0.717, 1.165) is 12.0 Å². The quantitative estimate of drug-likeness (QED) is 0.828. The zero-order chi connectivity index (χ0) is 10.6. The van der Waals surface area contributed by atoms with Gasteiger partial charge in [-0.15, -0.1) is 11.3 Å². The minimum atomic E-state index is -0.781. The second-order valence-electron chi connectivity index (χ2n) is 3.10. The number of carboxylic acids is 1. The Hall–Kier alpha value is -1.09. The van der Waals surface area contributed by atoms with E-state index in [0.29, 0.717) is 0 Å². The molecule has 1 aromatic rings. The number of allylic oxidation sites excluding steroid dienone is 1. The Morgan fingerprint density at radius 2 is 2.29 bits per heavy atom. The standard InChI is InChI=1S/C11H14O2S/c1-3-9-5-6-10(14-9)8(2)4-7-11(12)13/h4-6H,3,7H2,1-2H3,(H,12,13)/b8-4+. The Bertz CT molecular complexity index is 350. The van der Waals surface area contributed by atoms with Crippen LogP contribution >= 0.6 is 11.3 Å². The van der Waals surface area contributed by atoms with Crippen LogP contribution in [0.5, 0.6) is 0 Å². The summed E-state index contributed by atoms with van der Waals surface area (Å²) in [7, 11) is 0. The van der Waals surface area contributed by atoms with Gasteiger partial charge >= 0.3 is 5.97 Å². The summed E-state index contributed by atoms with van der Waals surface area (Å²) in [5, 5.41) is 8.52. The molecular weight excluding hydrogens is 196 g/mol. The van der Waals surface area contributed by atoms with Gasteiger partial charge in [0, 0.05) is 9.75 Å². The number of thiophene rings is 1. The minimum Gasteiger partial charge on any atom is -0.481 e. The number of carboxylic acid groups (broad SMARTS) is 1. The summed E-state index contributed by atoms with van der Waals surface area (Å²) in [6, 6.07) is 4.15. The van der Waals surface area contributed by atoms with E-state index in [2.05, 4.69) is 19.1 Å². The van der Waals surface area contributed by atoms with E-state index < -0.39 is 5.97 Å². The van der Waals surface area contributed by atoms with Crippen molar-refractivity contribution >= 4 is 22.9 Å². The average molecular weight is 210 g/mol. The highest BCUT2D eigenvalue weighted by molar-refractivity contribution is 7.13. The monoisotopic (exact) mass is 210 g/mol. The molecule has 1 rings (SSSR count). The molecule has 0 bridgehead atoms. The fourth-order valence-corrected chi connectivity index (χ4v) is 2.06. The number of carbonyl (C=O) groups is 1. The van der Waals surface area contributed by atoms with Crippen molar-refractivity contribution in [2.45, 2.75) is 26.7 Å². The van der Waals surface area contributed by atoms with Crippen LogP contribution in [-0.4, -0.2) is 11.1 Å². The highest BCUT2D eigenvalue weighted by Gasteiger charge is 2.01. The molecular formula is C11H14O2S. The van der Waals surface area contributed by atoms with Crippen molar-refractivity contribution in [1.29, 1.82) is 0 Å². The molecule has 1 heterocycles. The highest BCUT2D eigenvalue weighted by Crippen LogP contribution is 2.24. The van der Waals surface area contributed by atoms with Crippen LogP contribution in [0.1, 0.15) is 30.0 Å². The van der Waals surface area contributed by atoms with Gasteiger partial charge in [0.15, 0.2) is 0 Å². The van der Waals surface area contributed by atoms with Crippen LogP contribution in [-0.2, 0) is 11.2 Å². The van der Waals surface area contributed by atoms with E-state index in [1.807, 2.05) is 6.92 Å². The van der Waals surface area contributed by atoms with Crippen LogP contribution in [0.2, 0.25) is 0 Å². The molecule has 76 valence electrons. The third kappa shape index (κ3) is 3.00. The fraction of sp³-hybridized carbons (Fsp3) is 0.364. The Balaban J connectivity index is 2.73. The Kier molecular flexibility index (Phi) is 3.89. The third-order valence-electron chi connectivity index (χ3n) is 1.98. The van der Waals surface area contributed by atoms with Crippen molar-refractivity contribution in [1.82, 2.24) is 0 Å². The van der Waals surface area contributed by atoms with Gasteiger partial charge in [-0.1, -0.05) is 13.0 Å². The zero-order valence-electron chi connectivity index (χ0n) is 8.41. The minimum absolute atomic E-state index is 0.102. The Morgan fingerprint density at radius 3 is 2.79 bits per heavy atom. The lowest BCUT2D eigenvalue weighted by Gasteiger charge is -1.94. The molecule has 0 atom stereocenters. The molecule has 0 aliphatic rings. The predicted molar refractivity (Wildman–Crippen MR) is 59.6 cm³/mol. The normalized spacial score (nSPS) is 11.7. The van der Waals surface area contributed by atoms with Crippen molar-refractivity contribution in [3.8, 4) is 0 Å². The van der Waals surface area contributed by atoms with Crippen LogP contribution < -0.4 is 0 Å². The summed E-state index contributed by atoms with van der Waals surface area (Å²) in [5.41, 5.74) is 1.05. The molecule has 0 radical (unpaired) electrons. The van der Waals surface area contributed by atoms with E-state index in [-0.39, 0.29) is 6.42 Å². The van der Waals surface area contributed by atoms with Crippen molar-refractivity contribution < 1.29 is 9.90 Å². The van der Waals surface area contributed by atoms with Crippen LogP contribution in [0.15, 0.2) is 18.2 Å². The summed E-state index contributed by atoms with van der Waals surface area (Å²) in [6.07, 6.45) is 2.90. The number of hydrogen-bond donors (Lipinski definition) is 1. The first-order chi connectivity index (χ1) is 6.63. The molecule has 0 aliphatic carbocycles. The number of hydrogen-bond acceptors (Lipinski definition) is 2. The maximum Gasteiger partial charge on any atom is 0.307 e. The molecule has 0 amide bonds. The van der Waals surface area contributed by atoms with Gasteiger partial charge in [0.25, 0.3) is 0 Å². The first kappa shape index (κ1) is 11.0. The summed E-state index contributed by atoms with van der Waals surface area (Å²) in [5.74, 6) is -0.781. The van der Waals surface area contributed by atoms with Gasteiger partial charge in [-0.05, 0) is 31.1 Å². The second kappa shape index (κ2) is 4.96. The SMILES string of the molecule is CCc1ccc(/C(C)=C/CC(=O)O)s1. The molecule has 0 saturated heterocycles. The van der Waals surface area contributed by atoms with Crippen molar-refractivity contribution in [2.75, 3.05) is 0 Å². The molecule has 0 fully saturated rings. The number of rotatable bonds is 4. The molecule has 14 heavy (non-hydrogen) atoms. The second-order valence-corrected chi connectivity index (χ2v) is 4.27. The van der Waals surface area contributed by atoms with Gasteiger partial charge in [0.05, 0.1) is 6.42 Å². The molecule has 0 aromatic carbocycles. The summed E-state index contributed by atoms with van der Waals surface area (Å²) < 4.78 is 0. The molecule has 1 aromatic heterocycles. The lowest BCUT2D eigenvalue weighted by atomic mass is 10.2. The predicted octanol–water partition coefficient (Wildman–Crippen LogP) is 3.19. The topological polar surface area (TPSA) is 37.3 Å². The molecule has 3 heteroatoms. The fourth-order valence-electron chi connectivity index (χ4n) is 1.12. The summed E-state index contributed by atoms with van der Waals surface area (Å²) >= 11 is 1.73. The van der Waals surface area contributed by atoms with Crippen molar-refractivity contribution in [2.24, 2.45) is 0 Å². The molecule has 1 N–H and O–H groups in total. The van der Waals surface area contributed by atoms with Crippen molar-refractivity contribution in [3.05, 3.63) is 28.0 Å². The van der Waals surface area contributed by atoms with Gasteiger partial charge in [-0.2, -0.15) is 0 Å². The van der Waals surface area contributed by atoms with E-state index >= 15 is 0 Å². The Morgan fingerprint density at radius 1 is 1.57 bits per heavy atom. The first-order valence-electron chi connectivity index (χ1n) is 4.61. The van der Waals surface area contributed by atoms with Crippen LogP contribution in [0.25, 0.3) is 5.57 Å². The third-order valence-corrected chi connectivity index (χ3v) is 3.35. The highest BCUT2D eigenvalue weighted by atomic mass is 32.1.